The summed E-state index contributed by atoms with van der Waals surface area (Å²) in [5, 5.41) is 43.5. The molecule has 1 fully saturated rings. The monoisotopic (exact) mass is 388 g/mol. The number of benzene rings is 2. The quantitative estimate of drug-likeness (QED) is 0.434. The van der Waals surface area contributed by atoms with Gasteiger partial charge in [0.2, 0.25) is 5.78 Å². The molecule has 1 aliphatic rings. The molecule has 0 aromatic heterocycles. The van der Waals surface area contributed by atoms with Crippen LogP contribution in [0.15, 0.2) is 60.6 Å². The molecule has 0 bridgehead atoms. The second-order valence-corrected chi connectivity index (χ2v) is 6.44. The molecule has 8 nitrogen and oxygen atoms in total. The van der Waals surface area contributed by atoms with E-state index in [0.717, 1.165) is 0 Å². The van der Waals surface area contributed by atoms with Gasteiger partial charge < -0.3 is 30.5 Å². The fourth-order valence-electron chi connectivity index (χ4n) is 3.10. The van der Waals surface area contributed by atoms with Gasteiger partial charge in [-0.1, -0.05) is 48.5 Å². The van der Waals surface area contributed by atoms with E-state index in [0.29, 0.717) is 0 Å². The molecule has 1 amide bonds. The largest absolute Gasteiger partial charge is 0.394 e. The molecule has 148 valence electrons. The van der Waals surface area contributed by atoms with Crippen LogP contribution in [0.3, 0.4) is 0 Å². The Hall–Kier alpha value is -2.62. The molecule has 1 aliphatic heterocycles. The highest BCUT2D eigenvalue weighted by Crippen LogP contribution is 2.31. The lowest BCUT2D eigenvalue weighted by Crippen LogP contribution is -2.72. The van der Waals surface area contributed by atoms with Gasteiger partial charge in [-0.2, -0.15) is 0 Å². The minimum Gasteiger partial charge on any atom is -0.394 e. The Kier molecular flexibility index (Phi) is 5.47. The number of nitrogens with one attached hydrogen (secondary N) is 1. The van der Waals surface area contributed by atoms with E-state index in [1.54, 1.807) is 24.3 Å². The summed E-state index contributed by atoms with van der Waals surface area (Å²) in [6.45, 7) is -0.779. The maximum Gasteiger partial charge on any atom is 0.255 e. The first kappa shape index (κ1) is 18.7. The number of ether oxygens (including phenoxy) is 1. The third kappa shape index (κ3) is 3.68. The van der Waals surface area contributed by atoms with Crippen molar-refractivity contribution in [3.8, 4) is 0 Å². The Labute approximate surface area is 162 Å². The molecular formula is C20H21NO7. The lowest BCUT2D eigenvalue weighted by molar-refractivity contribution is -0.290. The highest BCUT2D eigenvalue weighted by atomic mass is 16.7. The van der Waals surface area contributed by atoms with E-state index in [-0.39, 0.29) is 17.2 Å². The van der Waals surface area contributed by atoms with Crippen molar-refractivity contribution in [3.05, 3.63) is 71.8 Å². The molecule has 28 heavy (non-hydrogen) atoms. The number of amides is 1. The number of hydrogen-bond acceptors (Lipinski definition) is 7. The first-order valence-corrected chi connectivity index (χ1v) is 8.63. The third-order valence-electron chi connectivity index (χ3n) is 4.61. The standard InChI is InChI=1S/C20H21NO7/c22-11-14-15(23)16(24)17(21-19(26)13-9-5-2-6-10-13)20(27,28-14)18(25)12-7-3-1-4-8-12/h1-10,14-17,22-24,27H,11H2,(H,21,26)/t14-,15-,16+,17-,20?/m1/s1/i9D. The number of carbonyl (C=O) groups excluding carboxylic acids is 2. The smallest absolute Gasteiger partial charge is 0.255 e. The predicted molar refractivity (Wildman–Crippen MR) is 97.4 cm³/mol. The van der Waals surface area contributed by atoms with Gasteiger partial charge in [0.15, 0.2) is 0 Å². The molecule has 5 N–H and O–H groups in total. The van der Waals surface area contributed by atoms with Gasteiger partial charge in [0.25, 0.3) is 11.7 Å². The van der Waals surface area contributed by atoms with Crippen LogP contribution in [0.4, 0.5) is 0 Å². The van der Waals surface area contributed by atoms with Crippen LogP contribution >= 0.6 is 0 Å². The average Bonchev–Trinajstić information content (AvgIpc) is 2.74. The van der Waals surface area contributed by atoms with Crippen LogP contribution in [0.5, 0.6) is 0 Å². The zero-order valence-corrected chi connectivity index (χ0v) is 14.7. The molecule has 8 heteroatoms. The number of aliphatic hydroxyl groups is 4. The van der Waals surface area contributed by atoms with E-state index in [9.17, 15) is 30.0 Å². The van der Waals surface area contributed by atoms with E-state index >= 15 is 0 Å². The number of aliphatic hydroxyl groups excluding tert-OH is 3. The molecule has 1 heterocycles. The van der Waals surface area contributed by atoms with Crippen molar-refractivity contribution in [2.24, 2.45) is 0 Å². The van der Waals surface area contributed by atoms with Gasteiger partial charge in [-0.25, -0.2) is 0 Å². The summed E-state index contributed by atoms with van der Waals surface area (Å²) in [7, 11) is 0. The molecule has 5 atom stereocenters. The fourth-order valence-corrected chi connectivity index (χ4v) is 3.10. The van der Waals surface area contributed by atoms with Gasteiger partial charge in [-0.15, -0.1) is 0 Å². The Morgan fingerprint density at radius 2 is 1.64 bits per heavy atom. The number of Topliss-reactive ketones (excluding diaryl/α,β-unsaturated/α-hetero) is 1. The first-order chi connectivity index (χ1) is 13.8. The molecule has 2 aromatic carbocycles. The number of carbonyl (C=O) groups is 2. The van der Waals surface area contributed by atoms with Crippen LogP contribution in [0.25, 0.3) is 0 Å². The summed E-state index contributed by atoms with van der Waals surface area (Å²) in [4.78, 5) is 25.6. The Bertz CT molecular complexity index is 893. The predicted octanol–water partition coefficient (Wildman–Crippen LogP) is -0.531. The summed E-state index contributed by atoms with van der Waals surface area (Å²) in [5.41, 5.74) is -0.0246. The zero-order valence-electron chi connectivity index (χ0n) is 15.7. The highest BCUT2D eigenvalue weighted by molar-refractivity contribution is 6.03. The Morgan fingerprint density at radius 3 is 2.25 bits per heavy atom. The van der Waals surface area contributed by atoms with Crippen molar-refractivity contribution in [1.82, 2.24) is 5.32 Å². The first-order valence-electron chi connectivity index (χ1n) is 9.13. The molecule has 1 unspecified atom stereocenters. The van der Waals surface area contributed by atoms with Crippen LogP contribution in [0, 0.1) is 0 Å². The lowest BCUT2D eigenvalue weighted by Gasteiger charge is -2.46. The maximum atomic E-state index is 13.0. The third-order valence-corrected chi connectivity index (χ3v) is 4.61. The lowest BCUT2D eigenvalue weighted by atomic mass is 9.85. The summed E-state index contributed by atoms with van der Waals surface area (Å²) >= 11 is 0. The minimum absolute atomic E-state index is 0.0374. The molecule has 0 spiro atoms. The number of rotatable bonds is 5. The van der Waals surface area contributed by atoms with Crippen LogP contribution < -0.4 is 5.32 Å². The normalized spacial score (nSPS) is 30.4. The molecule has 0 radical (unpaired) electrons. The van der Waals surface area contributed by atoms with Crippen molar-refractivity contribution in [3.63, 3.8) is 0 Å². The van der Waals surface area contributed by atoms with Gasteiger partial charge in [0.1, 0.15) is 24.4 Å². The second kappa shape index (κ2) is 8.17. The van der Waals surface area contributed by atoms with Crippen molar-refractivity contribution in [2.45, 2.75) is 30.1 Å². The van der Waals surface area contributed by atoms with Crippen molar-refractivity contribution >= 4 is 11.7 Å². The fraction of sp³-hybridized carbons (Fsp3) is 0.300. The van der Waals surface area contributed by atoms with E-state index in [1.165, 1.54) is 30.3 Å². The van der Waals surface area contributed by atoms with Crippen LogP contribution in [-0.4, -0.2) is 68.9 Å². The van der Waals surface area contributed by atoms with E-state index in [4.69, 9.17) is 6.11 Å². The number of hydrogen-bond donors (Lipinski definition) is 5. The SMILES string of the molecule is [2H]c1ccccc1C(=O)N[C@@H]1[C@@H](O)[C@H](O)[C@@H](CO)OC1(O)C(=O)c1ccccc1. The molecular weight excluding hydrogens is 366 g/mol. The van der Waals surface area contributed by atoms with E-state index in [2.05, 4.69) is 5.32 Å². The van der Waals surface area contributed by atoms with Gasteiger partial charge in [0.05, 0.1) is 7.98 Å². The van der Waals surface area contributed by atoms with Crippen molar-refractivity contribution in [1.29, 1.82) is 0 Å². The van der Waals surface area contributed by atoms with Crippen LogP contribution in [-0.2, 0) is 4.74 Å². The maximum absolute atomic E-state index is 13.0. The summed E-state index contributed by atoms with van der Waals surface area (Å²) in [6, 6.07) is 11.5. The van der Waals surface area contributed by atoms with Gasteiger partial charge in [-0.05, 0) is 12.1 Å². The molecule has 0 aliphatic carbocycles. The van der Waals surface area contributed by atoms with E-state index in [1.807, 2.05) is 0 Å². The highest BCUT2D eigenvalue weighted by Gasteiger charge is 2.58. The second-order valence-electron chi connectivity index (χ2n) is 6.44. The molecule has 3 rings (SSSR count). The topological polar surface area (TPSA) is 136 Å². The minimum atomic E-state index is -2.76. The van der Waals surface area contributed by atoms with Crippen LogP contribution in [0.2, 0.25) is 0 Å². The molecule has 0 saturated carbocycles. The Morgan fingerprint density at radius 1 is 1.04 bits per heavy atom. The molecule has 1 saturated heterocycles. The van der Waals surface area contributed by atoms with E-state index < -0.39 is 48.4 Å². The van der Waals surface area contributed by atoms with Crippen LogP contribution in [0.1, 0.15) is 22.1 Å². The van der Waals surface area contributed by atoms with Gasteiger partial charge >= 0.3 is 0 Å². The van der Waals surface area contributed by atoms with Crippen molar-refractivity contribution in [2.75, 3.05) is 6.61 Å². The van der Waals surface area contributed by atoms with Gasteiger partial charge in [0, 0.05) is 11.1 Å². The average molecular weight is 388 g/mol. The summed E-state index contributed by atoms with van der Waals surface area (Å²) in [5.74, 6) is -4.58. The zero-order chi connectivity index (χ0) is 21.2. The molecule has 2 aromatic rings. The summed E-state index contributed by atoms with van der Waals surface area (Å²) < 4.78 is 13.1. The van der Waals surface area contributed by atoms with Crippen molar-refractivity contribution < 1.29 is 36.1 Å². The summed E-state index contributed by atoms with van der Waals surface area (Å²) in [6.07, 6.45) is -4.97. The number of ketones is 1. The van der Waals surface area contributed by atoms with Gasteiger partial charge in [-0.3, -0.25) is 9.59 Å². The Balaban J connectivity index is 1.99.